The van der Waals surface area contributed by atoms with E-state index in [-0.39, 0.29) is 29.7 Å². The van der Waals surface area contributed by atoms with Crippen LogP contribution in [0.4, 0.5) is 14.5 Å². The lowest BCUT2D eigenvalue weighted by Crippen LogP contribution is -2.45. The van der Waals surface area contributed by atoms with E-state index >= 15 is 0 Å². The average Bonchev–Trinajstić information content (AvgIpc) is 2.64. The second kappa shape index (κ2) is 9.31. The average molecular weight is 432 g/mol. The summed E-state index contributed by atoms with van der Waals surface area (Å²) < 4.78 is 54.4. The summed E-state index contributed by atoms with van der Waals surface area (Å²) >= 11 is 0. The molecule has 2 aromatic carbocycles. The predicted molar refractivity (Wildman–Crippen MR) is 104 cm³/mol. The van der Waals surface area contributed by atoms with Gasteiger partial charge in [0.05, 0.1) is 11.3 Å². The summed E-state index contributed by atoms with van der Waals surface area (Å²) in [6.45, 7) is 1.52. The first kappa shape index (κ1) is 22.1. The SMILES string of the molecule is Cl.O=C(NC1CCCNC1)c1ccccc1NS(=O)(=O)c1cc(F)ccc1F. The summed E-state index contributed by atoms with van der Waals surface area (Å²) in [6, 6.07) is 8.08. The first-order valence-electron chi connectivity index (χ1n) is 8.45. The van der Waals surface area contributed by atoms with E-state index in [4.69, 9.17) is 0 Å². The van der Waals surface area contributed by atoms with Gasteiger partial charge in [0.1, 0.15) is 16.5 Å². The number of amides is 1. The highest BCUT2D eigenvalue weighted by molar-refractivity contribution is 7.92. The maximum absolute atomic E-state index is 13.9. The van der Waals surface area contributed by atoms with Crippen molar-refractivity contribution in [2.24, 2.45) is 0 Å². The fourth-order valence-corrected chi connectivity index (χ4v) is 4.06. The van der Waals surface area contributed by atoms with Gasteiger partial charge in [-0.1, -0.05) is 12.1 Å². The third-order valence-corrected chi connectivity index (χ3v) is 5.61. The largest absolute Gasteiger partial charge is 0.348 e. The number of hydrogen-bond donors (Lipinski definition) is 3. The summed E-state index contributed by atoms with van der Waals surface area (Å²) in [5.74, 6) is -2.41. The number of benzene rings is 2. The number of piperidine rings is 1. The minimum Gasteiger partial charge on any atom is -0.348 e. The third kappa shape index (κ3) is 5.18. The van der Waals surface area contributed by atoms with Gasteiger partial charge in [0, 0.05) is 12.6 Å². The van der Waals surface area contributed by atoms with E-state index in [1.54, 1.807) is 12.1 Å². The standard InChI is InChI=1S/C18H19F2N3O3S.ClH/c19-12-7-8-15(20)17(10-12)27(25,26)23-16-6-2-1-5-14(16)18(24)22-13-4-3-9-21-11-13;/h1-2,5-8,10,13,21,23H,3-4,9,11H2,(H,22,24);1H. The van der Waals surface area contributed by atoms with Crippen molar-refractivity contribution in [2.75, 3.05) is 17.8 Å². The predicted octanol–water partition coefficient (Wildman–Crippen LogP) is 2.67. The number of hydrogen-bond acceptors (Lipinski definition) is 4. The van der Waals surface area contributed by atoms with E-state index in [0.717, 1.165) is 31.5 Å². The molecule has 6 nitrogen and oxygen atoms in total. The van der Waals surface area contributed by atoms with Gasteiger partial charge in [0.2, 0.25) is 0 Å². The Morgan fingerprint density at radius 1 is 1.14 bits per heavy atom. The monoisotopic (exact) mass is 431 g/mol. The first-order chi connectivity index (χ1) is 12.9. The van der Waals surface area contributed by atoms with Crippen LogP contribution in [-0.4, -0.2) is 33.5 Å². The highest BCUT2D eigenvalue weighted by atomic mass is 35.5. The Balaban J connectivity index is 0.00000280. The van der Waals surface area contributed by atoms with Crippen LogP contribution >= 0.6 is 12.4 Å². The van der Waals surface area contributed by atoms with E-state index in [0.29, 0.717) is 12.6 Å². The molecule has 152 valence electrons. The lowest BCUT2D eigenvalue weighted by Gasteiger charge is -2.24. The Hall–Kier alpha value is -2.23. The molecule has 28 heavy (non-hydrogen) atoms. The topological polar surface area (TPSA) is 87.3 Å². The van der Waals surface area contributed by atoms with E-state index in [2.05, 4.69) is 15.4 Å². The zero-order valence-corrected chi connectivity index (χ0v) is 16.4. The smallest absolute Gasteiger partial charge is 0.264 e. The fourth-order valence-electron chi connectivity index (χ4n) is 2.89. The van der Waals surface area contributed by atoms with Crippen LogP contribution < -0.4 is 15.4 Å². The van der Waals surface area contributed by atoms with Crippen molar-refractivity contribution < 1.29 is 22.0 Å². The molecule has 2 aromatic rings. The van der Waals surface area contributed by atoms with Crippen molar-refractivity contribution in [1.82, 2.24) is 10.6 Å². The van der Waals surface area contributed by atoms with Crippen LogP contribution in [-0.2, 0) is 10.0 Å². The van der Waals surface area contributed by atoms with E-state index in [9.17, 15) is 22.0 Å². The highest BCUT2D eigenvalue weighted by Gasteiger charge is 2.23. The number of sulfonamides is 1. The van der Waals surface area contributed by atoms with Crippen LogP contribution in [0.2, 0.25) is 0 Å². The molecule has 1 heterocycles. The lowest BCUT2D eigenvalue weighted by atomic mass is 10.1. The van der Waals surface area contributed by atoms with Gasteiger partial charge >= 0.3 is 0 Å². The van der Waals surface area contributed by atoms with Gasteiger partial charge < -0.3 is 10.6 Å². The molecule has 0 spiro atoms. The van der Waals surface area contributed by atoms with E-state index in [1.165, 1.54) is 12.1 Å². The summed E-state index contributed by atoms with van der Waals surface area (Å²) in [5, 5.41) is 6.03. The molecule has 0 aromatic heterocycles. The zero-order chi connectivity index (χ0) is 19.4. The summed E-state index contributed by atoms with van der Waals surface area (Å²) in [7, 11) is -4.41. The van der Waals surface area contributed by atoms with Gasteiger partial charge in [0.15, 0.2) is 0 Å². The molecule has 3 rings (SSSR count). The van der Waals surface area contributed by atoms with E-state index < -0.39 is 32.5 Å². The van der Waals surface area contributed by atoms with Gasteiger partial charge in [-0.15, -0.1) is 12.4 Å². The lowest BCUT2D eigenvalue weighted by molar-refractivity contribution is 0.0931. The molecule has 0 radical (unpaired) electrons. The Kier molecular flexibility index (Phi) is 7.34. The molecule has 0 saturated carbocycles. The maximum Gasteiger partial charge on any atom is 0.264 e. The number of rotatable bonds is 5. The van der Waals surface area contributed by atoms with Crippen molar-refractivity contribution >= 4 is 34.0 Å². The minimum absolute atomic E-state index is 0. The van der Waals surface area contributed by atoms with Crippen LogP contribution in [0.25, 0.3) is 0 Å². The molecule has 1 aliphatic rings. The Bertz CT molecular complexity index is 951. The van der Waals surface area contributed by atoms with E-state index in [1.807, 2.05) is 0 Å². The number of carbonyl (C=O) groups is 1. The Labute approximate surface area is 168 Å². The molecule has 1 saturated heterocycles. The Morgan fingerprint density at radius 3 is 2.61 bits per heavy atom. The quantitative estimate of drug-likeness (QED) is 0.679. The molecular weight excluding hydrogens is 412 g/mol. The summed E-state index contributed by atoms with van der Waals surface area (Å²) in [5.41, 5.74) is 0.0888. The number of anilines is 1. The minimum atomic E-state index is -4.41. The summed E-state index contributed by atoms with van der Waals surface area (Å²) in [6.07, 6.45) is 1.75. The molecular formula is C18H20ClF2N3O3S. The van der Waals surface area contributed by atoms with Gasteiger partial charge in [-0.05, 0) is 49.7 Å². The van der Waals surface area contributed by atoms with Crippen molar-refractivity contribution in [1.29, 1.82) is 0 Å². The fraction of sp³-hybridized carbons (Fsp3) is 0.278. The summed E-state index contributed by atoms with van der Waals surface area (Å²) in [4.78, 5) is 11.7. The van der Waals surface area contributed by atoms with Crippen LogP contribution in [0.3, 0.4) is 0 Å². The second-order valence-corrected chi connectivity index (χ2v) is 7.89. The van der Waals surface area contributed by atoms with Gasteiger partial charge in [-0.2, -0.15) is 0 Å². The van der Waals surface area contributed by atoms with Crippen molar-refractivity contribution in [2.45, 2.75) is 23.8 Å². The molecule has 1 fully saturated rings. The molecule has 3 N–H and O–H groups in total. The molecule has 10 heteroatoms. The van der Waals surface area contributed by atoms with Gasteiger partial charge in [-0.3, -0.25) is 9.52 Å². The van der Waals surface area contributed by atoms with Crippen molar-refractivity contribution in [3.63, 3.8) is 0 Å². The van der Waals surface area contributed by atoms with Crippen LogP contribution in [0.1, 0.15) is 23.2 Å². The van der Waals surface area contributed by atoms with Gasteiger partial charge in [0.25, 0.3) is 15.9 Å². The maximum atomic E-state index is 13.9. The third-order valence-electron chi connectivity index (χ3n) is 4.23. The number of halogens is 3. The molecule has 0 aliphatic carbocycles. The normalized spacial score (nSPS) is 16.7. The Morgan fingerprint density at radius 2 is 1.89 bits per heavy atom. The number of para-hydroxylation sites is 1. The highest BCUT2D eigenvalue weighted by Crippen LogP contribution is 2.23. The van der Waals surface area contributed by atoms with Crippen molar-refractivity contribution in [3.05, 3.63) is 59.7 Å². The molecule has 1 unspecified atom stereocenters. The zero-order valence-electron chi connectivity index (χ0n) is 14.7. The number of nitrogens with one attached hydrogen (secondary N) is 3. The first-order valence-corrected chi connectivity index (χ1v) is 9.93. The van der Waals surface area contributed by atoms with Crippen molar-refractivity contribution in [3.8, 4) is 0 Å². The van der Waals surface area contributed by atoms with Gasteiger partial charge in [-0.25, -0.2) is 17.2 Å². The number of carbonyl (C=O) groups excluding carboxylic acids is 1. The molecule has 0 bridgehead atoms. The van der Waals surface area contributed by atoms with Crippen LogP contribution in [0.5, 0.6) is 0 Å². The molecule has 1 atom stereocenters. The van der Waals surface area contributed by atoms with Crippen LogP contribution in [0, 0.1) is 11.6 Å². The second-order valence-electron chi connectivity index (χ2n) is 6.24. The van der Waals surface area contributed by atoms with Crippen LogP contribution in [0.15, 0.2) is 47.4 Å². The molecule has 1 amide bonds. The molecule has 1 aliphatic heterocycles.